The first-order chi connectivity index (χ1) is 19.2. The molecule has 4 rings (SSSR count). The predicted molar refractivity (Wildman–Crippen MR) is 162 cm³/mol. The smallest absolute Gasteiger partial charge is 0.206 e. The summed E-state index contributed by atoms with van der Waals surface area (Å²) in [6.45, 7) is 5.75. The first-order valence-corrected chi connectivity index (χ1v) is 17.5. The Bertz CT molecular complexity index is 1830. The Labute approximate surface area is 253 Å². The summed E-state index contributed by atoms with van der Waals surface area (Å²) in [7, 11) is -7.80. The van der Waals surface area contributed by atoms with Crippen molar-refractivity contribution in [3.63, 3.8) is 0 Å². The van der Waals surface area contributed by atoms with Gasteiger partial charge in [-0.2, -0.15) is 0 Å². The molecule has 6 nitrogen and oxygen atoms in total. The van der Waals surface area contributed by atoms with Crippen LogP contribution in [0.5, 0.6) is 0 Å². The maximum Gasteiger partial charge on any atom is 0.206 e. The molecule has 0 aliphatic heterocycles. The Morgan fingerprint density at radius 2 is 1.05 bits per heavy atom. The summed E-state index contributed by atoms with van der Waals surface area (Å²) in [6, 6.07) is 21.2. The summed E-state index contributed by atoms with van der Waals surface area (Å²) < 4.78 is 74.1. The molecule has 1 N–H and O–H groups in total. The molecule has 0 heterocycles. The van der Waals surface area contributed by atoms with E-state index in [1.165, 1.54) is 48.5 Å². The quantitative estimate of drug-likeness (QED) is 0.154. The lowest BCUT2D eigenvalue weighted by atomic mass is 9.74. The first-order valence-electron chi connectivity index (χ1n) is 12.4. The lowest BCUT2D eigenvalue weighted by Crippen LogP contribution is -2.23. The van der Waals surface area contributed by atoms with Crippen molar-refractivity contribution in [1.29, 1.82) is 0 Å². The molecule has 0 amide bonds. The van der Waals surface area contributed by atoms with Crippen molar-refractivity contribution in [2.24, 2.45) is 0 Å². The third kappa shape index (κ3) is 6.16. The largest absolute Gasteiger partial charge is 0.302 e. The standard InChI is InChI=1S/C30H28Cl2O6S3/c1-20-4-7-24(8-5-20)40(35,36)25-9-11-26(12-10-25)41(37,38)27-13-15-29(22(17-27)19-32)30(2,3)28-14-6-23(39(33)34)16-21(28)18-31/h4-17H,18-19H2,1-3H3,(H,33,34). The number of sulfone groups is 2. The highest BCUT2D eigenvalue weighted by Gasteiger charge is 2.30. The van der Waals surface area contributed by atoms with Gasteiger partial charge < -0.3 is 4.55 Å². The Hall–Kier alpha value is -2.53. The average molecular weight is 652 g/mol. The van der Waals surface area contributed by atoms with Crippen molar-refractivity contribution in [1.82, 2.24) is 0 Å². The van der Waals surface area contributed by atoms with E-state index >= 15 is 0 Å². The molecule has 0 radical (unpaired) electrons. The van der Waals surface area contributed by atoms with Crippen LogP contribution < -0.4 is 0 Å². The van der Waals surface area contributed by atoms with Crippen LogP contribution in [-0.4, -0.2) is 25.6 Å². The van der Waals surface area contributed by atoms with E-state index in [4.69, 9.17) is 23.2 Å². The van der Waals surface area contributed by atoms with Crippen molar-refractivity contribution < 1.29 is 25.6 Å². The fourth-order valence-corrected chi connectivity index (χ4v) is 8.23. The number of benzene rings is 4. The van der Waals surface area contributed by atoms with E-state index in [9.17, 15) is 25.6 Å². The molecule has 4 aromatic rings. The van der Waals surface area contributed by atoms with Crippen molar-refractivity contribution in [2.75, 3.05) is 0 Å². The van der Waals surface area contributed by atoms with Gasteiger partial charge in [-0.05, 0) is 89.8 Å². The van der Waals surface area contributed by atoms with Gasteiger partial charge in [0.15, 0.2) is 11.1 Å². The van der Waals surface area contributed by atoms with E-state index in [0.29, 0.717) is 11.1 Å². The van der Waals surface area contributed by atoms with Gasteiger partial charge in [-0.1, -0.05) is 43.7 Å². The molecule has 0 saturated carbocycles. The van der Waals surface area contributed by atoms with Gasteiger partial charge in [0.05, 0.1) is 24.5 Å². The highest BCUT2D eigenvalue weighted by molar-refractivity contribution is 7.92. The van der Waals surface area contributed by atoms with E-state index < -0.39 is 36.2 Å². The fourth-order valence-electron chi connectivity index (χ4n) is 4.79. The Morgan fingerprint density at radius 3 is 1.51 bits per heavy atom. The molecule has 0 spiro atoms. The molecule has 1 atom stereocenters. The molecule has 0 aromatic heterocycles. The number of aryl methyl sites for hydroxylation is 1. The van der Waals surface area contributed by atoms with E-state index in [2.05, 4.69) is 0 Å². The normalized spacial score (nSPS) is 13.2. The summed E-state index contributed by atoms with van der Waals surface area (Å²) in [4.78, 5) is 0.317. The van der Waals surface area contributed by atoms with Gasteiger partial charge in [-0.3, -0.25) is 0 Å². The third-order valence-electron chi connectivity index (χ3n) is 7.08. The number of hydrogen-bond acceptors (Lipinski definition) is 5. The van der Waals surface area contributed by atoms with Gasteiger partial charge in [-0.25, -0.2) is 21.0 Å². The number of halogens is 2. The van der Waals surface area contributed by atoms with Gasteiger partial charge in [0, 0.05) is 17.2 Å². The van der Waals surface area contributed by atoms with Crippen LogP contribution in [-0.2, 0) is 47.9 Å². The van der Waals surface area contributed by atoms with Crippen LogP contribution in [0.15, 0.2) is 109 Å². The first kappa shape index (κ1) is 31.4. The SMILES string of the molecule is Cc1ccc(S(=O)(=O)c2ccc(S(=O)(=O)c3ccc(C(C)(C)c4ccc(S(=O)O)cc4CCl)c(CCl)c3)cc2)cc1. The molecule has 11 heteroatoms. The molecule has 0 bridgehead atoms. The van der Waals surface area contributed by atoms with Crippen LogP contribution in [0.4, 0.5) is 0 Å². The van der Waals surface area contributed by atoms with Crippen LogP contribution in [0.3, 0.4) is 0 Å². The van der Waals surface area contributed by atoms with Crippen molar-refractivity contribution in [2.45, 2.75) is 62.4 Å². The zero-order valence-corrected chi connectivity index (χ0v) is 26.4. The molecular weight excluding hydrogens is 623 g/mol. The minimum absolute atomic E-state index is 0.00927. The fraction of sp³-hybridized carbons (Fsp3) is 0.200. The topological polar surface area (TPSA) is 106 Å². The third-order valence-corrected chi connectivity index (χ3v) is 11.9. The van der Waals surface area contributed by atoms with Gasteiger partial charge in [0.1, 0.15) is 0 Å². The second-order valence-corrected chi connectivity index (χ2v) is 15.5. The molecule has 1 unspecified atom stereocenters. The monoisotopic (exact) mass is 650 g/mol. The molecule has 0 aliphatic rings. The second-order valence-electron chi connectivity index (χ2n) is 10.1. The lowest BCUT2D eigenvalue weighted by Gasteiger charge is -2.30. The predicted octanol–water partition coefficient (Wildman–Crippen LogP) is 7.04. The van der Waals surface area contributed by atoms with Crippen LogP contribution in [0.1, 0.15) is 41.7 Å². The second kappa shape index (κ2) is 12.0. The molecule has 41 heavy (non-hydrogen) atoms. The van der Waals surface area contributed by atoms with Crippen molar-refractivity contribution >= 4 is 54.0 Å². The maximum absolute atomic E-state index is 13.5. The van der Waals surface area contributed by atoms with Gasteiger partial charge in [0.25, 0.3) is 0 Å². The lowest BCUT2D eigenvalue weighted by molar-refractivity contribution is 0.563. The summed E-state index contributed by atoms with van der Waals surface area (Å²) in [6.07, 6.45) is 0. The summed E-state index contributed by atoms with van der Waals surface area (Å²) in [5.74, 6) is 0.146. The van der Waals surface area contributed by atoms with Gasteiger partial charge in [0.2, 0.25) is 19.7 Å². The van der Waals surface area contributed by atoms with Crippen LogP contribution in [0.25, 0.3) is 0 Å². The van der Waals surface area contributed by atoms with Crippen molar-refractivity contribution in [3.05, 3.63) is 113 Å². The summed E-state index contributed by atoms with van der Waals surface area (Å²) >= 11 is 10.3. The Balaban J connectivity index is 1.71. The van der Waals surface area contributed by atoms with Crippen LogP contribution in [0.2, 0.25) is 0 Å². The van der Waals surface area contributed by atoms with E-state index in [0.717, 1.165) is 16.7 Å². The van der Waals surface area contributed by atoms with E-state index in [1.807, 2.05) is 20.8 Å². The zero-order valence-electron chi connectivity index (χ0n) is 22.5. The molecule has 4 aromatic carbocycles. The van der Waals surface area contributed by atoms with Gasteiger partial charge >= 0.3 is 0 Å². The zero-order chi connectivity index (χ0) is 30.2. The summed E-state index contributed by atoms with van der Waals surface area (Å²) in [5.41, 5.74) is 3.11. The Kier molecular flexibility index (Phi) is 9.18. The minimum Gasteiger partial charge on any atom is -0.302 e. The highest BCUT2D eigenvalue weighted by atomic mass is 35.5. The number of hydrogen-bond donors (Lipinski definition) is 1. The van der Waals surface area contributed by atoms with E-state index in [-0.39, 0.29) is 36.2 Å². The van der Waals surface area contributed by atoms with E-state index in [1.54, 1.807) is 36.4 Å². The molecule has 0 saturated heterocycles. The number of alkyl halides is 2. The van der Waals surface area contributed by atoms with Crippen molar-refractivity contribution in [3.8, 4) is 0 Å². The molecule has 0 fully saturated rings. The number of rotatable bonds is 9. The Morgan fingerprint density at radius 1 is 0.659 bits per heavy atom. The average Bonchev–Trinajstić information content (AvgIpc) is 2.96. The molecule has 0 aliphatic carbocycles. The summed E-state index contributed by atoms with van der Waals surface area (Å²) in [5, 5.41) is 0. The molecular formula is C30H28Cl2O6S3. The molecule has 216 valence electrons. The van der Waals surface area contributed by atoms with Gasteiger partial charge in [-0.15, -0.1) is 23.2 Å². The minimum atomic E-state index is -4.00. The maximum atomic E-state index is 13.5. The van der Waals surface area contributed by atoms with Crippen LogP contribution >= 0.6 is 23.2 Å². The van der Waals surface area contributed by atoms with Crippen LogP contribution in [0, 0.1) is 6.92 Å². The highest BCUT2D eigenvalue weighted by Crippen LogP contribution is 2.39.